The molecule has 1 fully saturated rings. The van der Waals surface area contributed by atoms with Crippen molar-refractivity contribution in [1.82, 2.24) is 14.5 Å². The maximum Gasteiger partial charge on any atom is 0.161 e. The number of pyridine rings is 1. The minimum atomic E-state index is -0.622. The van der Waals surface area contributed by atoms with Gasteiger partial charge in [0.05, 0.1) is 0 Å². The average Bonchev–Trinajstić information content (AvgIpc) is 2.78. The Morgan fingerprint density at radius 2 is 2.15 bits per heavy atom. The molecule has 6 heteroatoms. The van der Waals surface area contributed by atoms with Crippen LogP contribution in [0.2, 0.25) is 5.15 Å². The van der Waals surface area contributed by atoms with Crippen molar-refractivity contribution in [3.63, 3.8) is 0 Å². The molecule has 3 heterocycles. The van der Waals surface area contributed by atoms with E-state index in [1.54, 1.807) is 13.0 Å². The quantitative estimate of drug-likeness (QED) is 0.884. The molecule has 0 spiro atoms. The summed E-state index contributed by atoms with van der Waals surface area (Å²) in [4.78, 5) is 8.85. The first-order valence-electron chi connectivity index (χ1n) is 6.93. The number of aromatic nitrogens is 3. The number of hydrogen-bond acceptors (Lipinski definition) is 4. The molecule has 3 rings (SSSR count). The lowest BCUT2D eigenvalue weighted by Gasteiger charge is -2.23. The fourth-order valence-electron chi connectivity index (χ4n) is 2.68. The van der Waals surface area contributed by atoms with Crippen LogP contribution in [-0.4, -0.2) is 32.9 Å². The van der Waals surface area contributed by atoms with Gasteiger partial charge in [-0.15, -0.1) is 0 Å². The number of ether oxygens (including phenoxy) is 1. The first kappa shape index (κ1) is 13.8. The first-order chi connectivity index (χ1) is 9.65. The molecule has 1 atom stereocenters. The fraction of sp³-hybridized carbons (Fsp3) is 0.571. The van der Waals surface area contributed by atoms with Crippen LogP contribution in [0.15, 0.2) is 12.1 Å². The molecule has 1 aliphatic rings. The van der Waals surface area contributed by atoms with Gasteiger partial charge < -0.3 is 14.4 Å². The highest BCUT2D eigenvalue weighted by Crippen LogP contribution is 2.25. The number of nitrogens with zero attached hydrogens (tertiary/aromatic N) is 3. The Morgan fingerprint density at radius 1 is 1.40 bits per heavy atom. The number of fused-ring (bicyclic) bond motifs is 1. The highest BCUT2D eigenvalue weighted by molar-refractivity contribution is 6.29. The van der Waals surface area contributed by atoms with Gasteiger partial charge in [0, 0.05) is 19.8 Å². The van der Waals surface area contributed by atoms with Gasteiger partial charge in [-0.2, -0.15) is 0 Å². The molecule has 2 aromatic heterocycles. The molecule has 108 valence electrons. The third-order valence-electron chi connectivity index (χ3n) is 3.74. The van der Waals surface area contributed by atoms with Crippen molar-refractivity contribution < 1.29 is 9.84 Å². The number of hydrogen-bond donors (Lipinski definition) is 1. The van der Waals surface area contributed by atoms with Crippen LogP contribution in [0.3, 0.4) is 0 Å². The van der Waals surface area contributed by atoms with Gasteiger partial charge in [0.2, 0.25) is 0 Å². The normalized spacial score (nSPS) is 18.6. The molecule has 0 aromatic carbocycles. The second-order valence-electron chi connectivity index (χ2n) is 5.29. The topological polar surface area (TPSA) is 60.2 Å². The zero-order valence-electron chi connectivity index (χ0n) is 11.4. The Morgan fingerprint density at radius 3 is 2.85 bits per heavy atom. The van der Waals surface area contributed by atoms with Crippen LogP contribution in [0.5, 0.6) is 0 Å². The standard InChI is InChI=1S/C14H18ClN3O2/c1-9(19)13-16-11-2-3-12(15)17-14(11)18(13)8-10-4-6-20-7-5-10/h2-3,9-10,19H,4-8H2,1H3. The van der Waals surface area contributed by atoms with E-state index in [9.17, 15) is 5.11 Å². The third kappa shape index (κ3) is 2.66. The Hall–Kier alpha value is -1.17. The minimum Gasteiger partial charge on any atom is -0.385 e. The molecule has 20 heavy (non-hydrogen) atoms. The maximum absolute atomic E-state index is 9.94. The van der Waals surface area contributed by atoms with Gasteiger partial charge in [-0.1, -0.05) is 11.6 Å². The molecule has 1 unspecified atom stereocenters. The summed E-state index contributed by atoms with van der Waals surface area (Å²) in [6, 6.07) is 3.57. The number of halogens is 1. The summed E-state index contributed by atoms with van der Waals surface area (Å²) >= 11 is 5.99. The molecule has 2 aromatic rings. The number of aliphatic hydroxyl groups is 1. The van der Waals surface area contributed by atoms with Crippen LogP contribution in [0.4, 0.5) is 0 Å². The van der Waals surface area contributed by atoms with E-state index in [-0.39, 0.29) is 0 Å². The van der Waals surface area contributed by atoms with Crippen LogP contribution in [0.25, 0.3) is 11.2 Å². The Labute approximate surface area is 122 Å². The van der Waals surface area contributed by atoms with Crippen LogP contribution < -0.4 is 0 Å². The Balaban J connectivity index is 2.01. The summed E-state index contributed by atoms with van der Waals surface area (Å²) in [6.45, 7) is 4.13. The monoisotopic (exact) mass is 295 g/mol. The lowest BCUT2D eigenvalue weighted by atomic mass is 10.0. The van der Waals surface area contributed by atoms with Gasteiger partial charge in [-0.25, -0.2) is 9.97 Å². The van der Waals surface area contributed by atoms with E-state index >= 15 is 0 Å². The van der Waals surface area contributed by atoms with Crippen molar-refractivity contribution in [2.24, 2.45) is 5.92 Å². The van der Waals surface area contributed by atoms with Gasteiger partial charge in [0.15, 0.2) is 5.65 Å². The first-order valence-corrected chi connectivity index (χ1v) is 7.31. The van der Waals surface area contributed by atoms with Crippen LogP contribution >= 0.6 is 11.6 Å². The minimum absolute atomic E-state index is 0.447. The van der Waals surface area contributed by atoms with Crippen molar-refractivity contribution in [2.45, 2.75) is 32.4 Å². The lowest BCUT2D eigenvalue weighted by molar-refractivity contribution is 0.0604. The number of aliphatic hydroxyl groups excluding tert-OH is 1. The summed E-state index contributed by atoms with van der Waals surface area (Å²) in [5.74, 6) is 1.18. The van der Waals surface area contributed by atoms with E-state index in [4.69, 9.17) is 16.3 Å². The van der Waals surface area contributed by atoms with E-state index in [0.29, 0.717) is 16.9 Å². The van der Waals surface area contributed by atoms with Crippen LogP contribution in [0.1, 0.15) is 31.7 Å². The molecule has 0 saturated carbocycles. The van der Waals surface area contributed by atoms with Gasteiger partial charge in [0.1, 0.15) is 22.6 Å². The zero-order chi connectivity index (χ0) is 14.1. The molecule has 1 saturated heterocycles. The lowest BCUT2D eigenvalue weighted by Crippen LogP contribution is -2.22. The zero-order valence-corrected chi connectivity index (χ0v) is 12.2. The highest BCUT2D eigenvalue weighted by atomic mass is 35.5. The van der Waals surface area contributed by atoms with E-state index in [2.05, 4.69) is 9.97 Å². The van der Waals surface area contributed by atoms with E-state index in [1.165, 1.54) is 0 Å². The SMILES string of the molecule is CC(O)c1nc2ccc(Cl)nc2n1CC1CCOCC1. The molecule has 0 bridgehead atoms. The maximum atomic E-state index is 9.94. The van der Waals surface area contributed by atoms with E-state index < -0.39 is 6.10 Å². The molecule has 1 N–H and O–H groups in total. The third-order valence-corrected chi connectivity index (χ3v) is 3.95. The molecule has 0 aliphatic carbocycles. The van der Waals surface area contributed by atoms with Gasteiger partial charge in [0.25, 0.3) is 0 Å². The summed E-state index contributed by atoms with van der Waals surface area (Å²) in [6.07, 6.45) is 1.43. The Bertz CT molecular complexity index is 606. The molecule has 5 nitrogen and oxygen atoms in total. The molecule has 0 amide bonds. The van der Waals surface area contributed by atoms with Gasteiger partial charge >= 0.3 is 0 Å². The summed E-state index contributed by atoms with van der Waals surface area (Å²) < 4.78 is 7.39. The van der Waals surface area contributed by atoms with Crippen LogP contribution in [0, 0.1) is 5.92 Å². The summed E-state index contributed by atoms with van der Waals surface area (Å²) in [7, 11) is 0. The van der Waals surface area contributed by atoms with Crippen LogP contribution in [-0.2, 0) is 11.3 Å². The smallest absolute Gasteiger partial charge is 0.161 e. The number of rotatable bonds is 3. The van der Waals surface area contributed by atoms with Crippen molar-refractivity contribution in [3.8, 4) is 0 Å². The second-order valence-corrected chi connectivity index (χ2v) is 5.68. The van der Waals surface area contributed by atoms with Crippen molar-refractivity contribution in [1.29, 1.82) is 0 Å². The molecule has 0 radical (unpaired) electrons. The van der Waals surface area contributed by atoms with Crippen molar-refractivity contribution in [3.05, 3.63) is 23.1 Å². The molecular weight excluding hydrogens is 278 g/mol. The van der Waals surface area contributed by atoms with Crippen molar-refractivity contribution >= 4 is 22.8 Å². The van der Waals surface area contributed by atoms with Crippen molar-refractivity contribution in [2.75, 3.05) is 13.2 Å². The Kier molecular flexibility index (Phi) is 3.92. The summed E-state index contributed by atoms with van der Waals surface area (Å²) in [5, 5.41) is 10.4. The fourth-order valence-corrected chi connectivity index (χ4v) is 2.83. The van der Waals surface area contributed by atoms with Gasteiger partial charge in [-0.3, -0.25) is 0 Å². The largest absolute Gasteiger partial charge is 0.385 e. The average molecular weight is 296 g/mol. The molecule has 1 aliphatic heterocycles. The van der Waals surface area contributed by atoms with Gasteiger partial charge in [-0.05, 0) is 37.8 Å². The molecular formula is C14H18ClN3O2. The highest BCUT2D eigenvalue weighted by Gasteiger charge is 2.21. The van der Waals surface area contributed by atoms with E-state index in [0.717, 1.165) is 43.8 Å². The number of imidazole rings is 1. The second kappa shape index (κ2) is 5.68. The predicted octanol–water partition coefficient (Wildman–Crippen LogP) is 2.56. The summed E-state index contributed by atoms with van der Waals surface area (Å²) in [5.41, 5.74) is 1.53. The van der Waals surface area contributed by atoms with E-state index in [1.807, 2.05) is 10.6 Å². The predicted molar refractivity (Wildman–Crippen MR) is 76.7 cm³/mol.